The first-order chi connectivity index (χ1) is 30.8. The van der Waals surface area contributed by atoms with E-state index in [1.807, 2.05) is 6.92 Å². The normalized spacial score (nSPS) is 17.1. The smallest absolute Gasteiger partial charge is 0.309 e. The van der Waals surface area contributed by atoms with Crippen molar-refractivity contribution in [3.63, 3.8) is 0 Å². The fourth-order valence-electron chi connectivity index (χ4n) is 10.2. The first kappa shape index (κ1) is 46.3. The number of nitrogens with zero attached hydrogens (tertiary/aromatic N) is 3. The molecule has 5 heteroatoms. The lowest BCUT2D eigenvalue weighted by atomic mass is 9.83. The average Bonchev–Trinajstić information content (AvgIpc) is 3.26. The van der Waals surface area contributed by atoms with Gasteiger partial charge in [0.15, 0.2) is 0 Å². The molecule has 334 valence electrons. The molecule has 2 aliphatic rings. The summed E-state index contributed by atoms with van der Waals surface area (Å²) in [5.74, 6) is -0.0204. The van der Waals surface area contributed by atoms with Crippen molar-refractivity contribution in [2.24, 2.45) is 16.8 Å². The van der Waals surface area contributed by atoms with E-state index in [4.69, 9.17) is 9.73 Å². The van der Waals surface area contributed by atoms with Gasteiger partial charge in [0.2, 0.25) is 0 Å². The van der Waals surface area contributed by atoms with E-state index < -0.39 is 0 Å². The number of rotatable bonds is 14. The van der Waals surface area contributed by atoms with Crippen LogP contribution in [0.3, 0.4) is 0 Å². The van der Waals surface area contributed by atoms with Crippen molar-refractivity contribution in [1.29, 1.82) is 0 Å². The van der Waals surface area contributed by atoms with Crippen molar-refractivity contribution < 1.29 is 9.53 Å². The van der Waals surface area contributed by atoms with Gasteiger partial charge in [-0.2, -0.15) is 0 Å². The lowest BCUT2D eigenvalue weighted by Crippen LogP contribution is -2.36. The maximum Gasteiger partial charge on any atom is 0.309 e. The van der Waals surface area contributed by atoms with Gasteiger partial charge in [-0.25, -0.2) is 0 Å². The Morgan fingerprint density at radius 1 is 0.641 bits per heavy atom. The van der Waals surface area contributed by atoms with Crippen LogP contribution in [0.5, 0.6) is 0 Å². The van der Waals surface area contributed by atoms with Crippen LogP contribution in [-0.2, 0) is 9.53 Å². The van der Waals surface area contributed by atoms with Crippen LogP contribution >= 0.6 is 0 Å². The minimum Gasteiger partial charge on any atom is -0.460 e. The Bertz CT molecular complexity index is 2380. The number of benzene rings is 5. The van der Waals surface area contributed by atoms with E-state index in [1.165, 1.54) is 67.3 Å². The molecule has 0 heterocycles. The molecule has 5 nitrogen and oxygen atoms in total. The van der Waals surface area contributed by atoms with E-state index in [-0.39, 0.29) is 30.0 Å². The van der Waals surface area contributed by atoms with Gasteiger partial charge in [0.1, 0.15) is 6.10 Å². The van der Waals surface area contributed by atoms with Crippen molar-refractivity contribution in [3.05, 3.63) is 165 Å². The van der Waals surface area contributed by atoms with Gasteiger partial charge < -0.3 is 14.5 Å². The number of hydrogen-bond acceptors (Lipinski definition) is 5. The third-order valence-electron chi connectivity index (χ3n) is 13.4. The Kier molecular flexibility index (Phi) is 14.8. The summed E-state index contributed by atoms with van der Waals surface area (Å²) in [6, 6.07) is 36.3. The molecule has 3 unspecified atom stereocenters. The van der Waals surface area contributed by atoms with Crippen LogP contribution in [0.4, 0.5) is 22.7 Å². The number of allylic oxidation sites excluding steroid dienone is 3. The number of esters is 1. The van der Waals surface area contributed by atoms with Crippen LogP contribution < -0.4 is 9.80 Å². The lowest BCUT2D eigenvalue weighted by Gasteiger charge is -2.31. The molecule has 2 aliphatic carbocycles. The first-order valence-corrected chi connectivity index (χ1v) is 24.0. The first-order valence-electron chi connectivity index (χ1n) is 24.0. The van der Waals surface area contributed by atoms with E-state index in [2.05, 4.69) is 188 Å². The van der Waals surface area contributed by atoms with E-state index in [0.717, 1.165) is 79.6 Å². The molecule has 0 amide bonds. The van der Waals surface area contributed by atoms with Crippen LogP contribution in [0.25, 0.3) is 11.1 Å². The summed E-state index contributed by atoms with van der Waals surface area (Å²) >= 11 is 0. The number of fused-ring (bicyclic) bond motifs is 1. The van der Waals surface area contributed by atoms with Crippen molar-refractivity contribution >= 4 is 45.6 Å². The van der Waals surface area contributed by atoms with Gasteiger partial charge in [-0.15, -0.1) is 0 Å². The molecular weight excluding hydrogens is 783 g/mol. The molecule has 0 saturated heterocycles. The summed E-state index contributed by atoms with van der Waals surface area (Å²) in [7, 11) is 0. The van der Waals surface area contributed by atoms with Crippen LogP contribution in [0.15, 0.2) is 114 Å². The Labute approximate surface area is 385 Å². The van der Waals surface area contributed by atoms with Crippen LogP contribution in [0.2, 0.25) is 0 Å². The van der Waals surface area contributed by atoms with Crippen molar-refractivity contribution in [3.8, 4) is 0 Å². The Morgan fingerprint density at radius 3 is 1.58 bits per heavy atom. The second-order valence-electron chi connectivity index (χ2n) is 18.9. The number of hydrogen-bond donors (Lipinski definition) is 0. The lowest BCUT2D eigenvalue weighted by molar-refractivity contribution is -0.157. The molecule has 0 aromatic heterocycles. The molecule has 64 heavy (non-hydrogen) atoms. The van der Waals surface area contributed by atoms with E-state index >= 15 is 0 Å². The molecule has 0 aliphatic heterocycles. The second kappa shape index (κ2) is 20.4. The van der Waals surface area contributed by atoms with Gasteiger partial charge in [0.05, 0.1) is 17.7 Å². The zero-order valence-corrected chi connectivity index (χ0v) is 40.5. The predicted octanol–water partition coefficient (Wildman–Crippen LogP) is 15.1. The second-order valence-corrected chi connectivity index (χ2v) is 18.9. The molecule has 5 aromatic rings. The number of aliphatic imine (C=N–C) groups is 1. The van der Waals surface area contributed by atoms with Crippen molar-refractivity contribution in [1.82, 2.24) is 0 Å². The van der Waals surface area contributed by atoms with Gasteiger partial charge in [-0.3, -0.25) is 9.79 Å². The molecular formula is C59H71N3O2. The third-order valence-corrected chi connectivity index (χ3v) is 13.4. The van der Waals surface area contributed by atoms with E-state index in [1.54, 1.807) is 0 Å². The summed E-state index contributed by atoms with van der Waals surface area (Å²) in [5.41, 5.74) is 20.7. The van der Waals surface area contributed by atoms with Crippen LogP contribution in [0, 0.1) is 53.4 Å². The van der Waals surface area contributed by atoms with E-state index in [9.17, 15) is 4.79 Å². The predicted molar refractivity (Wildman–Crippen MR) is 273 cm³/mol. The number of aryl methyl sites for hydroxylation is 6. The highest BCUT2D eigenvalue weighted by molar-refractivity contribution is 6.19. The summed E-state index contributed by atoms with van der Waals surface area (Å²) in [5, 5.41) is 0. The maximum atomic E-state index is 13.2. The van der Waals surface area contributed by atoms with Gasteiger partial charge in [0.25, 0.3) is 0 Å². The Morgan fingerprint density at radius 2 is 1.11 bits per heavy atom. The molecule has 3 atom stereocenters. The molecule has 7 rings (SSSR count). The summed E-state index contributed by atoms with van der Waals surface area (Å²) in [6.45, 7) is 25.8. The minimum absolute atomic E-state index is 0.0754. The van der Waals surface area contributed by atoms with Gasteiger partial charge >= 0.3 is 5.97 Å². The van der Waals surface area contributed by atoms with Gasteiger partial charge in [-0.05, 0) is 160 Å². The van der Waals surface area contributed by atoms with Gasteiger partial charge in [0, 0.05) is 41.4 Å². The zero-order chi connectivity index (χ0) is 45.7. The summed E-state index contributed by atoms with van der Waals surface area (Å²) in [6.07, 6.45) is 10.2. The molecule has 0 N–H and O–H groups in total. The molecule has 0 radical (unpaired) electrons. The maximum absolute atomic E-state index is 13.2. The summed E-state index contributed by atoms with van der Waals surface area (Å²) < 4.78 is 6.22. The topological polar surface area (TPSA) is 45.1 Å². The van der Waals surface area contributed by atoms with Crippen LogP contribution in [-0.4, -0.2) is 36.9 Å². The molecule has 5 aromatic carbocycles. The highest BCUT2D eigenvalue weighted by atomic mass is 16.5. The number of carbonyl (C=O) groups excluding carboxylic acids is 1. The molecule has 1 saturated carbocycles. The molecule has 1 fully saturated rings. The largest absolute Gasteiger partial charge is 0.460 e. The summed E-state index contributed by atoms with van der Waals surface area (Å²) in [4.78, 5) is 23.6. The van der Waals surface area contributed by atoms with E-state index in [0.29, 0.717) is 0 Å². The van der Waals surface area contributed by atoms with Crippen LogP contribution in [0.1, 0.15) is 129 Å². The van der Waals surface area contributed by atoms with Crippen molar-refractivity contribution in [2.45, 2.75) is 127 Å². The molecule has 0 bridgehead atoms. The Hall–Kier alpha value is -5.68. The molecule has 0 spiro atoms. The fourth-order valence-corrected chi connectivity index (χ4v) is 10.2. The SMILES string of the molecule is CCCN(c1ccc(C(=C2C=CC(=NC3CCCCC3OC(=O)C(C)C(C)C)c3ccccc32)c2ccc(N(CCC)c3c(C)cc(C)cc3C)cc2)cc1)c1c(C)cc(C)cc1C. The third kappa shape index (κ3) is 9.99. The van der Waals surface area contributed by atoms with Gasteiger partial charge in [-0.1, -0.05) is 131 Å². The number of anilines is 4. The quantitative estimate of drug-likeness (QED) is 0.104. The highest BCUT2D eigenvalue weighted by Crippen LogP contribution is 2.41. The Balaban J connectivity index is 1.35. The zero-order valence-electron chi connectivity index (χ0n) is 40.5. The van der Waals surface area contributed by atoms with Crippen molar-refractivity contribution in [2.75, 3.05) is 22.9 Å². The minimum atomic E-state index is -0.209. The fraction of sp³-hybridized carbons (Fsp3) is 0.390. The highest BCUT2D eigenvalue weighted by Gasteiger charge is 2.32. The average molecular weight is 854 g/mol. The standard InChI is InChI=1S/C59H71N3O2/c1-12-32-61(57-41(7)34-39(5)35-42(57)8)48-26-22-46(23-27-48)56(47-24-28-49(29-25-47)62(33-13-2)58-43(9)36-40(6)37-44(58)10)52-30-31-53(51-19-15-14-18-50(51)52)60-54-20-16-17-21-55(54)64-59(63)45(11)38(3)4/h14-15,18-19,22-31,34-38,45,54-55H,12-13,16-17,20-21,32-33H2,1-11H3. The number of ether oxygens (including phenoxy) is 1. The number of carbonyl (C=O) groups is 1. The monoisotopic (exact) mass is 854 g/mol.